The topological polar surface area (TPSA) is 6.48 Å². The maximum atomic E-state index is 2.77. The molecule has 2 heterocycles. The van der Waals surface area contributed by atoms with Crippen molar-refractivity contribution >= 4 is 11.8 Å². The van der Waals surface area contributed by atoms with E-state index < -0.39 is 0 Å². The Morgan fingerprint density at radius 2 is 1.88 bits per heavy atom. The van der Waals surface area contributed by atoms with E-state index >= 15 is 0 Å². The van der Waals surface area contributed by atoms with Crippen LogP contribution >= 0.6 is 11.8 Å². The number of rotatable bonds is 0. The summed E-state index contributed by atoms with van der Waals surface area (Å²) in [6, 6.07) is 0. The molecule has 0 N–H and O–H groups in total. The van der Waals surface area contributed by atoms with Crippen LogP contribution in [0.25, 0.3) is 0 Å². The predicted octanol–water partition coefficient (Wildman–Crippen LogP) is 2.65. The second-order valence-electron chi connectivity index (χ2n) is 6.31. The maximum Gasteiger partial charge on any atom is 0.0803 e. The van der Waals surface area contributed by atoms with Gasteiger partial charge in [-0.05, 0) is 59.4 Å². The molecule has 2 aliphatic heterocycles. The van der Waals surface area contributed by atoms with Gasteiger partial charge in [0.15, 0.2) is 0 Å². The normalized spacial score (nSPS) is 34.5. The van der Waals surface area contributed by atoms with Gasteiger partial charge in [-0.1, -0.05) is 0 Å². The largest absolute Gasteiger partial charge is 0.304 e. The number of nitrogens with zero attached hydrogens (tertiary/aromatic N) is 2. The van der Waals surface area contributed by atoms with Gasteiger partial charge in [0.2, 0.25) is 0 Å². The van der Waals surface area contributed by atoms with Crippen LogP contribution in [-0.2, 0) is 0 Å². The third-order valence-corrected chi connectivity index (χ3v) is 5.41. The molecular formula is C13H26N2S. The van der Waals surface area contributed by atoms with Gasteiger partial charge in [0.05, 0.1) is 4.87 Å². The Morgan fingerprint density at radius 1 is 1.12 bits per heavy atom. The molecule has 2 aliphatic rings. The van der Waals surface area contributed by atoms with Crippen molar-refractivity contribution in [3.63, 3.8) is 0 Å². The highest BCUT2D eigenvalue weighted by Gasteiger charge is 2.46. The number of likely N-dealkylation sites (N-methyl/N-ethyl adjacent to an activating group) is 1. The van der Waals surface area contributed by atoms with E-state index in [4.69, 9.17) is 0 Å². The van der Waals surface area contributed by atoms with Gasteiger partial charge in [-0.3, -0.25) is 4.90 Å². The summed E-state index contributed by atoms with van der Waals surface area (Å²) in [5.74, 6) is 1.35. The third-order valence-electron chi connectivity index (χ3n) is 3.82. The molecule has 0 amide bonds. The first-order valence-corrected chi connectivity index (χ1v) is 7.53. The molecule has 2 nitrogen and oxygen atoms in total. The smallest absolute Gasteiger partial charge is 0.0803 e. The lowest BCUT2D eigenvalue weighted by atomic mass is 9.96. The fraction of sp³-hybridized carbons (Fsp3) is 1.00. The Hall–Kier alpha value is 0.270. The van der Waals surface area contributed by atoms with Crippen LogP contribution in [0.5, 0.6) is 0 Å². The molecule has 2 fully saturated rings. The van der Waals surface area contributed by atoms with Crippen LogP contribution in [0.1, 0.15) is 40.0 Å². The van der Waals surface area contributed by atoms with E-state index in [1.54, 1.807) is 0 Å². The molecule has 0 aliphatic carbocycles. The molecule has 0 aromatic heterocycles. The SMILES string of the molecule is CN1CCCC2(C1)SCCCN2C(C)(C)C. The van der Waals surface area contributed by atoms with Crippen molar-refractivity contribution in [3.8, 4) is 0 Å². The van der Waals surface area contributed by atoms with Crippen molar-refractivity contribution in [1.82, 2.24) is 9.80 Å². The van der Waals surface area contributed by atoms with E-state index in [1.165, 1.54) is 44.6 Å². The maximum absolute atomic E-state index is 2.77. The van der Waals surface area contributed by atoms with E-state index in [0.29, 0.717) is 10.4 Å². The van der Waals surface area contributed by atoms with Crippen molar-refractivity contribution < 1.29 is 0 Å². The highest BCUT2D eigenvalue weighted by molar-refractivity contribution is 8.00. The Labute approximate surface area is 105 Å². The van der Waals surface area contributed by atoms with Gasteiger partial charge in [0.25, 0.3) is 0 Å². The van der Waals surface area contributed by atoms with Gasteiger partial charge >= 0.3 is 0 Å². The molecule has 0 bridgehead atoms. The average Bonchev–Trinajstić information content (AvgIpc) is 2.16. The molecule has 2 saturated heterocycles. The minimum absolute atomic E-state index is 0.311. The zero-order valence-electron chi connectivity index (χ0n) is 11.3. The Bertz CT molecular complexity index is 245. The summed E-state index contributed by atoms with van der Waals surface area (Å²) < 4.78 is 0. The number of likely N-dealkylation sites (tertiary alicyclic amines) is 1. The molecule has 0 aromatic rings. The van der Waals surface area contributed by atoms with E-state index in [9.17, 15) is 0 Å². The lowest BCUT2D eigenvalue weighted by Gasteiger charge is -2.56. The van der Waals surface area contributed by atoms with Crippen LogP contribution in [0, 0.1) is 0 Å². The molecule has 3 heteroatoms. The van der Waals surface area contributed by atoms with Crippen LogP contribution < -0.4 is 0 Å². The molecule has 0 saturated carbocycles. The van der Waals surface area contributed by atoms with E-state index in [-0.39, 0.29) is 0 Å². The lowest BCUT2D eigenvalue weighted by molar-refractivity contribution is 0.0140. The minimum Gasteiger partial charge on any atom is -0.304 e. The standard InChI is InChI=1S/C13H26N2S/c1-12(2,3)15-9-6-10-16-13(15)7-5-8-14(4)11-13/h5-11H2,1-4H3. The van der Waals surface area contributed by atoms with E-state index in [2.05, 4.69) is 49.4 Å². The van der Waals surface area contributed by atoms with Crippen LogP contribution in [0.4, 0.5) is 0 Å². The molecule has 0 radical (unpaired) electrons. The summed E-state index contributed by atoms with van der Waals surface area (Å²) >= 11 is 2.21. The van der Waals surface area contributed by atoms with Gasteiger partial charge in [-0.15, -0.1) is 11.8 Å². The summed E-state index contributed by atoms with van der Waals surface area (Å²) in [4.78, 5) is 5.69. The van der Waals surface area contributed by atoms with Crippen molar-refractivity contribution in [2.45, 2.75) is 50.4 Å². The van der Waals surface area contributed by atoms with Crippen molar-refractivity contribution in [3.05, 3.63) is 0 Å². The van der Waals surface area contributed by atoms with Gasteiger partial charge in [-0.25, -0.2) is 0 Å². The molecule has 0 aromatic carbocycles. The molecule has 1 unspecified atom stereocenters. The lowest BCUT2D eigenvalue weighted by Crippen LogP contribution is -2.63. The Morgan fingerprint density at radius 3 is 2.50 bits per heavy atom. The first kappa shape index (κ1) is 12.7. The summed E-state index contributed by atoms with van der Waals surface area (Å²) in [6.45, 7) is 10.9. The first-order valence-electron chi connectivity index (χ1n) is 6.54. The molecule has 94 valence electrons. The van der Waals surface area contributed by atoms with Crippen molar-refractivity contribution in [2.24, 2.45) is 0 Å². The highest BCUT2D eigenvalue weighted by atomic mass is 32.2. The Kier molecular flexibility index (Phi) is 3.58. The summed E-state index contributed by atoms with van der Waals surface area (Å²) in [7, 11) is 2.27. The van der Waals surface area contributed by atoms with E-state index in [0.717, 1.165) is 0 Å². The van der Waals surface area contributed by atoms with Gasteiger partial charge < -0.3 is 4.90 Å². The van der Waals surface area contributed by atoms with Crippen LogP contribution in [0.15, 0.2) is 0 Å². The third kappa shape index (κ3) is 2.41. The van der Waals surface area contributed by atoms with Crippen LogP contribution in [0.3, 0.4) is 0 Å². The molecule has 16 heavy (non-hydrogen) atoms. The summed E-state index contributed by atoms with van der Waals surface area (Å²) in [6.07, 6.45) is 4.09. The Balaban J connectivity index is 2.20. The van der Waals surface area contributed by atoms with Gasteiger partial charge in [0.1, 0.15) is 0 Å². The first-order chi connectivity index (χ1) is 7.44. The summed E-state index contributed by atoms with van der Waals surface area (Å²) in [5.41, 5.74) is 0.311. The zero-order chi connectivity index (χ0) is 11.8. The second-order valence-corrected chi connectivity index (χ2v) is 7.77. The predicted molar refractivity (Wildman–Crippen MR) is 73.0 cm³/mol. The number of hydrogen-bond donors (Lipinski definition) is 0. The average molecular weight is 242 g/mol. The molecule has 1 atom stereocenters. The van der Waals surface area contributed by atoms with Crippen molar-refractivity contribution in [2.75, 3.05) is 32.4 Å². The number of hydrogen-bond acceptors (Lipinski definition) is 3. The fourth-order valence-corrected chi connectivity index (χ4v) is 5.03. The molecular weight excluding hydrogens is 216 g/mol. The van der Waals surface area contributed by atoms with Crippen LogP contribution in [0.2, 0.25) is 0 Å². The van der Waals surface area contributed by atoms with Gasteiger partial charge in [-0.2, -0.15) is 0 Å². The van der Waals surface area contributed by atoms with E-state index in [1.807, 2.05) is 0 Å². The minimum atomic E-state index is 0.311. The quantitative estimate of drug-likeness (QED) is 0.645. The zero-order valence-corrected chi connectivity index (χ0v) is 12.1. The summed E-state index contributed by atoms with van der Waals surface area (Å²) in [5, 5.41) is 0. The van der Waals surface area contributed by atoms with Gasteiger partial charge in [0, 0.05) is 18.6 Å². The number of piperidine rings is 1. The van der Waals surface area contributed by atoms with Crippen LogP contribution in [-0.4, -0.2) is 52.6 Å². The molecule has 1 spiro atoms. The highest BCUT2D eigenvalue weighted by Crippen LogP contribution is 2.44. The number of thioether (sulfide) groups is 1. The monoisotopic (exact) mass is 242 g/mol. The fourth-order valence-electron chi connectivity index (χ4n) is 3.26. The molecule has 2 rings (SSSR count). The van der Waals surface area contributed by atoms with Crippen molar-refractivity contribution in [1.29, 1.82) is 0 Å². The second kappa shape index (κ2) is 4.51.